The van der Waals surface area contributed by atoms with E-state index in [-0.39, 0.29) is 32.5 Å². The maximum Gasteiger partial charge on any atom is 0.255 e. The zero-order valence-electron chi connectivity index (χ0n) is 17.9. The van der Waals surface area contributed by atoms with Gasteiger partial charge in [0.05, 0.1) is 15.6 Å². The Morgan fingerprint density at radius 3 is 2.45 bits per heavy atom. The number of piperidine rings is 2. The molecule has 1 atom stereocenters. The van der Waals surface area contributed by atoms with Crippen LogP contribution >= 0.6 is 23.2 Å². The Hall–Kier alpha value is -0.860. The van der Waals surface area contributed by atoms with Crippen molar-refractivity contribution in [3.63, 3.8) is 0 Å². The van der Waals surface area contributed by atoms with Gasteiger partial charge in [-0.1, -0.05) is 30.1 Å². The number of hydrogen-bond acceptors (Lipinski definition) is 4. The second-order valence-electron chi connectivity index (χ2n) is 9.40. The quantitative estimate of drug-likeness (QED) is 0.657. The van der Waals surface area contributed by atoms with Crippen molar-refractivity contribution in [1.29, 1.82) is 0 Å². The van der Waals surface area contributed by atoms with Crippen LogP contribution in [0.2, 0.25) is 10.0 Å². The van der Waals surface area contributed by atoms with E-state index in [0.29, 0.717) is 19.0 Å². The maximum absolute atomic E-state index is 13.3. The van der Waals surface area contributed by atoms with Crippen LogP contribution in [0.4, 0.5) is 0 Å². The molecule has 1 N–H and O–H groups in total. The first-order chi connectivity index (χ1) is 14.7. The number of amides is 1. The summed E-state index contributed by atoms with van der Waals surface area (Å²) in [4.78, 5) is 17.6. The van der Waals surface area contributed by atoms with Crippen LogP contribution in [-0.2, 0) is 10.0 Å². The molecular weight excluding hydrogens is 457 g/mol. The number of nitrogens with one attached hydrogen (secondary N) is 1. The monoisotopic (exact) mass is 487 g/mol. The predicted octanol–water partition coefficient (Wildman–Crippen LogP) is 4.02. The number of carbonyl (C=O) groups is 1. The van der Waals surface area contributed by atoms with E-state index < -0.39 is 10.0 Å². The number of carbonyl (C=O) groups excluding carboxylic acids is 1. The van der Waals surface area contributed by atoms with Crippen LogP contribution in [0.15, 0.2) is 17.0 Å². The Labute approximate surface area is 195 Å². The standard InChI is InChI=1S/C22H31Cl2N3O3S/c1-15-6-9-26(10-7-15)13-16-3-2-8-27(14-16)22(28)18-11-21(20(24)12-19(18)23)31(29,30)25-17-4-5-17/h11-12,15-17,25H,2-10,13-14H2,1H3. The van der Waals surface area contributed by atoms with Gasteiger partial charge in [-0.2, -0.15) is 0 Å². The Morgan fingerprint density at radius 2 is 1.77 bits per heavy atom. The lowest BCUT2D eigenvalue weighted by Gasteiger charge is -2.38. The number of sulfonamides is 1. The lowest BCUT2D eigenvalue weighted by atomic mass is 9.94. The third kappa shape index (κ3) is 5.74. The number of halogens is 2. The van der Waals surface area contributed by atoms with Gasteiger partial charge in [0.1, 0.15) is 4.90 Å². The molecule has 1 amide bonds. The van der Waals surface area contributed by atoms with E-state index in [1.54, 1.807) is 0 Å². The van der Waals surface area contributed by atoms with Crippen molar-refractivity contribution < 1.29 is 13.2 Å². The number of likely N-dealkylation sites (tertiary alicyclic amines) is 2. The minimum Gasteiger partial charge on any atom is -0.338 e. The first kappa shape index (κ1) is 23.3. The van der Waals surface area contributed by atoms with E-state index in [0.717, 1.165) is 51.2 Å². The van der Waals surface area contributed by atoms with Crippen LogP contribution in [0, 0.1) is 11.8 Å². The summed E-state index contributed by atoms with van der Waals surface area (Å²) in [5, 5.41) is 0.220. The summed E-state index contributed by atoms with van der Waals surface area (Å²) in [5.41, 5.74) is 0.203. The number of rotatable bonds is 6. The number of benzene rings is 1. The zero-order chi connectivity index (χ0) is 22.2. The van der Waals surface area contributed by atoms with Gasteiger partial charge in [-0.15, -0.1) is 0 Å². The second-order valence-corrected chi connectivity index (χ2v) is 11.9. The van der Waals surface area contributed by atoms with Crippen LogP contribution in [0.5, 0.6) is 0 Å². The Kier molecular flexibility index (Phi) is 7.18. The summed E-state index contributed by atoms with van der Waals surface area (Å²) in [7, 11) is -3.78. The molecule has 1 aromatic carbocycles. The molecule has 1 saturated carbocycles. The van der Waals surface area contributed by atoms with Crippen molar-refractivity contribution in [3.8, 4) is 0 Å². The molecule has 2 saturated heterocycles. The third-order valence-electron chi connectivity index (χ3n) is 6.64. The first-order valence-electron chi connectivity index (χ1n) is 11.3. The topological polar surface area (TPSA) is 69.7 Å². The average Bonchev–Trinajstić information content (AvgIpc) is 3.52. The zero-order valence-corrected chi connectivity index (χ0v) is 20.3. The fourth-order valence-electron chi connectivity index (χ4n) is 4.56. The molecular formula is C22H31Cl2N3O3S. The maximum atomic E-state index is 13.3. The van der Waals surface area contributed by atoms with Gasteiger partial charge in [0, 0.05) is 25.7 Å². The minimum atomic E-state index is -3.78. The summed E-state index contributed by atoms with van der Waals surface area (Å²) in [6.45, 7) is 6.91. The van der Waals surface area contributed by atoms with Crippen LogP contribution in [0.25, 0.3) is 0 Å². The Bertz CT molecular complexity index is 928. The molecule has 0 radical (unpaired) electrons. The van der Waals surface area contributed by atoms with Crippen molar-refractivity contribution in [1.82, 2.24) is 14.5 Å². The predicted molar refractivity (Wildman–Crippen MR) is 123 cm³/mol. The van der Waals surface area contributed by atoms with Gasteiger partial charge < -0.3 is 9.80 Å². The van der Waals surface area contributed by atoms with Gasteiger partial charge in [0.15, 0.2) is 0 Å². The summed E-state index contributed by atoms with van der Waals surface area (Å²) in [6, 6.07) is 2.66. The smallest absolute Gasteiger partial charge is 0.255 e. The van der Waals surface area contributed by atoms with Crippen LogP contribution in [-0.4, -0.2) is 62.9 Å². The number of hydrogen-bond donors (Lipinski definition) is 1. The van der Waals surface area contributed by atoms with Gasteiger partial charge in [-0.05, 0) is 75.6 Å². The van der Waals surface area contributed by atoms with E-state index in [4.69, 9.17) is 23.2 Å². The Morgan fingerprint density at radius 1 is 1.06 bits per heavy atom. The largest absolute Gasteiger partial charge is 0.338 e. The molecule has 9 heteroatoms. The molecule has 0 bridgehead atoms. The lowest BCUT2D eigenvalue weighted by Crippen LogP contribution is -2.45. The van der Waals surface area contributed by atoms with Crippen LogP contribution in [0.3, 0.4) is 0 Å². The SMILES string of the molecule is CC1CCN(CC2CCCN(C(=O)c3cc(S(=O)(=O)NC4CC4)c(Cl)cc3Cl)C2)CC1. The fourth-order valence-corrected chi connectivity index (χ4v) is 6.72. The average molecular weight is 488 g/mol. The third-order valence-corrected chi connectivity index (χ3v) is 8.94. The minimum absolute atomic E-state index is 0.0329. The highest BCUT2D eigenvalue weighted by atomic mass is 35.5. The molecule has 6 nitrogen and oxygen atoms in total. The highest BCUT2D eigenvalue weighted by Gasteiger charge is 2.32. The van der Waals surface area contributed by atoms with Gasteiger partial charge >= 0.3 is 0 Å². The molecule has 0 aromatic heterocycles. The summed E-state index contributed by atoms with van der Waals surface area (Å²) in [6.07, 6.45) is 6.17. The normalized spacial score (nSPS) is 23.8. The molecule has 172 valence electrons. The fraction of sp³-hybridized carbons (Fsp3) is 0.682. The van der Waals surface area contributed by atoms with Crippen molar-refractivity contribution in [3.05, 3.63) is 27.7 Å². The van der Waals surface area contributed by atoms with Crippen molar-refractivity contribution in [2.45, 2.75) is 56.4 Å². The lowest BCUT2D eigenvalue weighted by molar-refractivity contribution is 0.0622. The van der Waals surface area contributed by atoms with Crippen molar-refractivity contribution in [2.75, 3.05) is 32.7 Å². The summed E-state index contributed by atoms with van der Waals surface area (Å²) >= 11 is 12.5. The van der Waals surface area contributed by atoms with Crippen molar-refractivity contribution >= 4 is 39.1 Å². The van der Waals surface area contributed by atoms with Crippen molar-refractivity contribution in [2.24, 2.45) is 11.8 Å². The van der Waals surface area contributed by atoms with Crippen LogP contribution in [0.1, 0.15) is 55.8 Å². The molecule has 1 aromatic rings. The highest BCUT2D eigenvalue weighted by molar-refractivity contribution is 7.89. The van der Waals surface area contributed by atoms with E-state index in [9.17, 15) is 13.2 Å². The molecule has 1 aliphatic carbocycles. The van der Waals surface area contributed by atoms with Gasteiger partial charge in [-0.3, -0.25) is 4.79 Å². The molecule has 1 unspecified atom stereocenters. The summed E-state index contributed by atoms with van der Waals surface area (Å²) < 4.78 is 28.0. The second kappa shape index (κ2) is 9.56. The highest BCUT2D eigenvalue weighted by Crippen LogP contribution is 2.32. The number of nitrogens with zero attached hydrogens (tertiary/aromatic N) is 2. The molecule has 3 fully saturated rings. The van der Waals surface area contributed by atoms with Gasteiger partial charge in [0.25, 0.3) is 5.91 Å². The van der Waals surface area contributed by atoms with E-state index in [2.05, 4.69) is 16.5 Å². The molecule has 2 aliphatic heterocycles. The Balaban J connectivity index is 1.47. The first-order valence-corrected chi connectivity index (χ1v) is 13.5. The van der Waals surface area contributed by atoms with E-state index in [1.165, 1.54) is 25.0 Å². The van der Waals surface area contributed by atoms with E-state index in [1.807, 2.05) is 4.90 Å². The molecule has 4 rings (SSSR count). The van der Waals surface area contributed by atoms with Gasteiger partial charge in [0.2, 0.25) is 10.0 Å². The summed E-state index contributed by atoms with van der Waals surface area (Å²) in [5.74, 6) is 1.01. The van der Waals surface area contributed by atoms with E-state index >= 15 is 0 Å². The van der Waals surface area contributed by atoms with Gasteiger partial charge in [-0.25, -0.2) is 13.1 Å². The molecule has 2 heterocycles. The molecule has 31 heavy (non-hydrogen) atoms. The molecule has 0 spiro atoms. The van der Waals surface area contributed by atoms with Crippen LogP contribution < -0.4 is 4.72 Å². The molecule has 3 aliphatic rings.